The van der Waals surface area contributed by atoms with Gasteiger partial charge in [0.05, 0.1) is 5.41 Å². The molecule has 0 unspecified atom stereocenters. The smallest absolute Gasteiger partial charge is 0.229 e. The SMILES string of the molecule is CCCC(=O)N1CCN(c2ccc(Nc3ncc(C)c(N4CCC5(CCNC5=O)CC4)n3)cc2)CC1. The fourth-order valence-corrected chi connectivity index (χ4v) is 5.62. The van der Waals surface area contributed by atoms with Crippen molar-refractivity contribution in [2.45, 2.75) is 46.0 Å². The molecule has 0 aliphatic carbocycles. The van der Waals surface area contributed by atoms with E-state index in [9.17, 15) is 9.59 Å². The maximum absolute atomic E-state index is 12.3. The van der Waals surface area contributed by atoms with E-state index >= 15 is 0 Å². The van der Waals surface area contributed by atoms with E-state index in [1.165, 1.54) is 0 Å². The number of benzene rings is 1. The summed E-state index contributed by atoms with van der Waals surface area (Å²) in [5.41, 5.74) is 2.95. The first kappa shape index (κ1) is 24.3. The van der Waals surface area contributed by atoms with Gasteiger partial charge in [0, 0.05) is 75.4 Å². The Balaban J connectivity index is 1.19. The summed E-state index contributed by atoms with van der Waals surface area (Å²) in [6.45, 7) is 9.81. The molecule has 9 nitrogen and oxygen atoms in total. The average molecular weight is 492 g/mol. The lowest BCUT2D eigenvalue weighted by Gasteiger charge is -2.38. The third-order valence-corrected chi connectivity index (χ3v) is 7.92. The molecule has 2 N–H and O–H groups in total. The lowest BCUT2D eigenvalue weighted by atomic mass is 9.77. The third kappa shape index (κ3) is 4.96. The molecule has 0 bridgehead atoms. The Bertz CT molecular complexity index is 1090. The van der Waals surface area contributed by atoms with Crippen LogP contribution in [-0.4, -0.2) is 72.5 Å². The molecule has 5 rings (SSSR count). The van der Waals surface area contributed by atoms with Crippen molar-refractivity contribution >= 4 is 35.0 Å². The molecular formula is C27H37N7O2. The zero-order valence-corrected chi connectivity index (χ0v) is 21.4. The molecule has 1 aromatic carbocycles. The fraction of sp³-hybridized carbons (Fsp3) is 0.556. The van der Waals surface area contributed by atoms with Crippen LogP contribution in [0.5, 0.6) is 0 Å². The van der Waals surface area contributed by atoms with E-state index in [0.717, 1.165) is 94.3 Å². The van der Waals surface area contributed by atoms with Crippen LogP contribution in [-0.2, 0) is 9.59 Å². The van der Waals surface area contributed by atoms with Crippen LogP contribution < -0.4 is 20.4 Å². The summed E-state index contributed by atoms with van der Waals surface area (Å²) < 4.78 is 0. The molecule has 1 spiro atoms. The van der Waals surface area contributed by atoms with E-state index in [1.807, 2.05) is 24.9 Å². The summed E-state index contributed by atoms with van der Waals surface area (Å²) in [6.07, 6.45) is 6.08. The minimum absolute atomic E-state index is 0.183. The number of nitrogens with zero attached hydrogens (tertiary/aromatic N) is 5. The van der Waals surface area contributed by atoms with E-state index in [2.05, 4.69) is 49.7 Å². The van der Waals surface area contributed by atoms with Crippen LogP contribution in [0.2, 0.25) is 0 Å². The normalized spacial score (nSPS) is 19.5. The van der Waals surface area contributed by atoms with Crippen LogP contribution in [0.25, 0.3) is 0 Å². The van der Waals surface area contributed by atoms with Crippen LogP contribution in [0.4, 0.5) is 23.1 Å². The first-order valence-corrected chi connectivity index (χ1v) is 13.2. The number of aromatic nitrogens is 2. The molecular weight excluding hydrogens is 454 g/mol. The van der Waals surface area contributed by atoms with Crippen molar-refractivity contribution in [2.24, 2.45) is 5.41 Å². The van der Waals surface area contributed by atoms with Gasteiger partial charge < -0.3 is 25.3 Å². The third-order valence-electron chi connectivity index (χ3n) is 7.92. The van der Waals surface area contributed by atoms with E-state index in [1.54, 1.807) is 0 Å². The monoisotopic (exact) mass is 491 g/mol. The van der Waals surface area contributed by atoms with Crippen molar-refractivity contribution in [3.8, 4) is 0 Å². The van der Waals surface area contributed by atoms with E-state index in [4.69, 9.17) is 4.98 Å². The Labute approximate surface area is 213 Å². The molecule has 0 radical (unpaired) electrons. The maximum atomic E-state index is 12.3. The van der Waals surface area contributed by atoms with Gasteiger partial charge in [-0.05, 0) is 56.9 Å². The summed E-state index contributed by atoms with van der Waals surface area (Å²) >= 11 is 0. The summed E-state index contributed by atoms with van der Waals surface area (Å²) in [5.74, 6) is 2.00. The van der Waals surface area contributed by atoms with Gasteiger partial charge in [-0.25, -0.2) is 4.98 Å². The Hall–Kier alpha value is -3.36. The number of carbonyl (C=O) groups excluding carboxylic acids is 2. The molecule has 2 aromatic rings. The predicted octanol–water partition coefficient (Wildman–Crippen LogP) is 3.08. The van der Waals surface area contributed by atoms with Crippen molar-refractivity contribution in [3.63, 3.8) is 0 Å². The van der Waals surface area contributed by atoms with Gasteiger partial charge in [-0.15, -0.1) is 0 Å². The van der Waals surface area contributed by atoms with Gasteiger partial charge >= 0.3 is 0 Å². The minimum Gasteiger partial charge on any atom is -0.368 e. The Morgan fingerprint density at radius 3 is 2.39 bits per heavy atom. The van der Waals surface area contributed by atoms with Crippen molar-refractivity contribution in [3.05, 3.63) is 36.0 Å². The van der Waals surface area contributed by atoms with E-state index in [-0.39, 0.29) is 17.2 Å². The average Bonchev–Trinajstić information content (AvgIpc) is 3.25. The second kappa shape index (κ2) is 10.3. The van der Waals surface area contributed by atoms with Crippen molar-refractivity contribution in [2.75, 3.05) is 60.9 Å². The molecule has 9 heteroatoms. The van der Waals surface area contributed by atoms with Crippen LogP contribution in [0.3, 0.4) is 0 Å². The molecule has 0 saturated carbocycles. The second-order valence-electron chi connectivity index (χ2n) is 10.3. The van der Waals surface area contributed by atoms with Crippen LogP contribution in [0, 0.1) is 12.3 Å². The number of nitrogens with one attached hydrogen (secondary N) is 2. The van der Waals surface area contributed by atoms with E-state index < -0.39 is 0 Å². The first-order chi connectivity index (χ1) is 17.5. The second-order valence-corrected chi connectivity index (χ2v) is 10.3. The molecule has 3 saturated heterocycles. The molecule has 4 heterocycles. The molecule has 0 atom stereocenters. The van der Waals surface area contributed by atoms with Gasteiger partial charge in [-0.2, -0.15) is 4.98 Å². The maximum Gasteiger partial charge on any atom is 0.229 e. The van der Waals surface area contributed by atoms with Crippen molar-refractivity contribution < 1.29 is 9.59 Å². The number of carbonyl (C=O) groups is 2. The Morgan fingerprint density at radius 2 is 1.75 bits per heavy atom. The number of rotatable bonds is 6. The number of anilines is 4. The van der Waals surface area contributed by atoms with Gasteiger partial charge in [-0.3, -0.25) is 9.59 Å². The summed E-state index contributed by atoms with van der Waals surface area (Å²) in [7, 11) is 0. The molecule has 192 valence electrons. The lowest BCUT2D eigenvalue weighted by molar-refractivity contribution is -0.131. The van der Waals surface area contributed by atoms with Crippen molar-refractivity contribution in [1.29, 1.82) is 0 Å². The van der Waals surface area contributed by atoms with Gasteiger partial charge in [0.2, 0.25) is 17.8 Å². The number of piperazine rings is 1. The minimum atomic E-state index is -0.183. The first-order valence-electron chi connectivity index (χ1n) is 13.2. The molecule has 1 aromatic heterocycles. The fourth-order valence-electron chi connectivity index (χ4n) is 5.62. The highest BCUT2D eigenvalue weighted by Crippen LogP contribution is 2.39. The lowest BCUT2D eigenvalue weighted by Crippen LogP contribution is -2.48. The van der Waals surface area contributed by atoms with E-state index in [0.29, 0.717) is 12.4 Å². The quantitative estimate of drug-likeness (QED) is 0.641. The number of hydrogen-bond acceptors (Lipinski definition) is 7. The number of amides is 2. The standard InChI is InChI=1S/C27H37N7O2/c1-3-4-23(35)33-17-15-32(16-18-33)22-7-5-21(6-8-22)30-26-29-19-20(2)24(31-26)34-13-10-27(11-14-34)9-12-28-25(27)36/h5-8,19H,3-4,9-18H2,1-2H3,(H,28,36)(H,29,30,31). The molecule has 3 aliphatic heterocycles. The number of hydrogen-bond donors (Lipinski definition) is 2. The summed E-state index contributed by atoms with van der Waals surface area (Å²) in [6, 6.07) is 8.32. The number of aryl methyl sites for hydroxylation is 1. The Morgan fingerprint density at radius 1 is 1.03 bits per heavy atom. The highest BCUT2D eigenvalue weighted by molar-refractivity contribution is 5.85. The van der Waals surface area contributed by atoms with Crippen molar-refractivity contribution in [1.82, 2.24) is 20.2 Å². The van der Waals surface area contributed by atoms with Gasteiger partial charge in [0.15, 0.2) is 0 Å². The molecule has 3 fully saturated rings. The molecule has 3 aliphatic rings. The van der Waals surface area contributed by atoms with Gasteiger partial charge in [0.25, 0.3) is 0 Å². The highest BCUT2D eigenvalue weighted by Gasteiger charge is 2.44. The predicted molar refractivity (Wildman–Crippen MR) is 142 cm³/mol. The topological polar surface area (TPSA) is 93.7 Å². The number of piperidine rings is 1. The van der Waals surface area contributed by atoms with Gasteiger partial charge in [0.1, 0.15) is 5.82 Å². The zero-order valence-electron chi connectivity index (χ0n) is 21.4. The zero-order chi connectivity index (χ0) is 25.1. The summed E-state index contributed by atoms with van der Waals surface area (Å²) in [4.78, 5) is 40.4. The highest BCUT2D eigenvalue weighted by atomic mass is 16.2. The molecule has 2 amide bonds. The largest absolute Gasteiger partial charge is 0.368 e. The Kier molecular flexibility index (Phi) is 6.98. The van der Waals surface area contributed by atoms with Gasteiger partial charge in [-0.1, -0.05) is 6.92 Å². The van der Waals surface area contributed by atoms with Crippen LogP contribution in [0.15, 0.2) is 30.5 Å². The van der Waals surface area contributed by atoms with Crippen LogP contribution >= 0.6 is 0 Å². The molecule has 36 heavy (non-hydrogen) atoms. The summed E-state index contributed by atoms with van der Waals surface area (Å²) in [5, 5.41) is 6.35. The van der Waals surface area contributed by atoms with Crippen LogP contribution in [0.1, 0.15) is 44.6 Å².